The smallest absolute Gasteiger partial charge is 0.318 e. The van der Waals surface area contributed by atoms with Crippen LogP contribution in [0.3, 0.4) is 0 Å². The monoisotopic (exact) mass is 243 g/mol. The summed E-state index contributed by atoms with van der Waals surface area (Å²) in [6, 6.07) is 0.118. The van der Waals surface area contributed by atoms with Crippen molar-refractivity contribution in [2.45, 2.75) is 18.9 Å². The molecule has 5 heteroatoms. The van der Waals surface area contributed by atoms with Crippen LogP contribution in [0.4, 0.5) is 0 Å². The van der Waals surface area contributed by atoms with Crippen molar-refractivity contribution < 1.29 is 19.0 Å². The molecule has 2 fully saturated rings. The molecule has 5 nitrogen and oxygen atoms in total. The van der Waals surface area contributed by atoms with E-state index in [9.17, 15) is 4.79 Å². The molecule has 98 valence electrons. The molecule has 2 aliphatic heterocycles. The van der Waals surface area contributed by atoms with Gasteiger partial charge in [0.1, 0.15) is 5.41 Å². The van der Waals surface area contributed by atoms with Crippen molar-refractivity contribution in [3.05, 3.63) is 0 Å². The second-order valence-corrected chi connectivity index (χ2v) is 4.86. The molecule has 2 aliphatic rings. The van der Waals surface area contributed by atoms with Crippen LogP contribution >= 0.6 is 0 Å². The fourth-order valence-electron chi connectivity index (χ4n) is 2.96. The second-order valence-electron chi connectivity index (χ2n) is 4.86. The molecule has 0 aliphatic carbocycles. The third-order valence-electron chi connectivity index (χ3n) is 3.95. The predicted molar refractivity (Wildman–Crippen MR) is 61.7 cm³/mol. The number of rotatable bonds is 4. The molecule has 0 amide bonds. The van der Waals surface area contributed by atoms with Crippen molar-refractivity contribution in [1.82, 2.24) is 5.32 Å². The highest BCUT2D eigenvalue weighted by Gasteiger charge is 2.55. The van der Waals surface area contributed by atoms with Crippen molar-refractivity contribution in [2.75, 3.05) is 40.6 Å². The number of carbonyl (C=O) groups excluding carboxylic acids is 1. The van der Waals surface area contributed by atoms with E-state index < -0.39 is 5.41 Å². The van der Waals surface area contributed by atoms with Gasteiger partial charge in [-0.3, -0.25) is 4.79 Å². The fraction of sp³-hybridized carbons (Fsp3) is 0.917. The zero-order chi connectivity index (χ0) is 12.3. The molecular formula is C12H21NO4. The van der Waals surface area contributed by atoms with Gasteiger partial charge in [-0.05, 0) is 25.8 Å². The van der Waals surface area contributed by atoms with Gasteiger partial charge in [-0.15, -0.1) is 0 Å². The van der Waals surface area contributed by atoms with E-state index in [1.165, 1.54) is 7.11 Å². The van der Waals surface area contributed by atoms with Crippen LogP contribution in [0, 0.1) is 11.3 Å². The maximum Gasteiger partial charge on any atom is 0.318 e. The lowest BCUT2D eigenvalue weighted by Gasteiger charge is -2.47. The summed E-state index contributed by atoms with van der Waals surface area (Å²) >= 11 is 0. The fourth-order valence-corrected chi connectivity index (χ4v) is 2.96. The number of esters is 1. The highest BCUT2D eigenvalue weighted by atomic mass is 16.5. The molecular weight excluding hydrogens is 222 g/mol. The predicted octanol–water partition coefficient (Wildman–Crippen LogP) is 0.191. The number of hydrogen-bond acceptors (Lipinski definition) is 5. The molecule has 1 atom stereocenters. The molecule has 0 spiro atoms. The van der Waals surface area contributed by atoms with E-state index >= 15 is 0 Å². The Balaban J connectivity index is 2.11. The van der Waals surface area contributed by atoms with Crippen LogP contribution in [0.5, 0.6) is 0 Å². The van der Waals surface area contributed by atoms with Crippen molar-refractivity contribution in [3.8, 4) is 0 Å². The lowest BCUT2D eigenvalue weighted by Crippen LogP contribution is -2.64. The summed E-state index contributed by atoms with van der Waals surface area (Å²) in [5, 5.41) is 3.29. The molecule has 0 saturated carbocycles. The van der Waals surface area contributed by atoms with Gasteiger partial charge in [0.2, 0.25) is 0 Å². The lowest BCUT2D eigenvalue weighted by molar-refractivity contribution is -0.194. The van der Waals surface area contributed by atoms with E-state index in [0.717, 1.165) is 26.1 Å². The van der Waals surface area contributed by atoms with Crippen molar-refractivity contribution in [1.29, 1.82) is 0 Å². The van der Waals surface area contributed by atoms with Gasteiger partial charge < -0.3 is 19.5 Å². The summed E-state index contributed by atoms with van der Waals surface area (Å²) in [5.41, 5.74) is -0.495. The first-order valence-corrected chi connectivity index (χ1v) is 6.16. The highest BCUT2D eigenvalue weighted by molar-refractivity contribution is 5.79. The minimum Gasteiger partial charge on any atom is -0.468 e. The zero-order valence-corrected chi connectivity index (χ0v) is 10.5. The summed E-state index contributed by atoms with van der Waals surface area (Å²) in [5.74, 6) is 0.298. The first-order chi connectivity index (χ1) is 8.24. The first kappa shape index (κ1) is 12.8. The molecule has 2 heterocycles. The quantitative estimate of drug-likeness (QED) is 0.714. The van der Waals surface area contributed by atoms with Crippen LogP contribution in [-0.4, -0.2) is 52.6 Å². The Morgan fingerprint density at radius 1 is 1.35 bits per heavy atom. The van der Waals surface area contributed by atoms with Gasteiger partial charge in [0.05, 0.1) is 20.3 Å². The Morgan fingerprint density at radius 3 is 2.41 bits per heavy atom. The van der Waals surface area contributed by atoms with Crippen molar-refractivity contribution in [2.24, 2.45) is 11.3 Å². The minimum atomic E-state index is -0.495. The SMILES string of the molecule is CNC(C1CCOCC1)C1(C(=O)OC)COC1. The van der Waals surface area contributed by atoms with Crippen LogP contribution in [0.15, 0.2) is 0 Å². The van der Waals surface area contributed by atoms with E-state index in [1.54, 1.807) is 0 Å². The third kappa shape index (κ3) is 2.19. The maximum atomic E-state index is 12.0. The van der Waals surface area contributed by atoms with Gasteiger partial charge in [-0.1, -0.05) is 0 Å². The molecule has 1 unspecified atom stereocenters. The van der Waals surface area contributed by atoms with Gasteiger partial charge in [0.15, 0.2) is 0 Å². The van der Waals surface area contributed by atoms with Gasteiger partial charge in [-0.25, -0.2) is 0 Å². The van der Waals surface area contributed by atoms with E-state index in [1.807, 2.05) is 7.05 Å². The Labute approximate surface area is 102 Å². The number of ether oxygens (including phenoxy) is 3. The van der Waals surface area contributed by atoms with Crippen LogP contribution in [-0.2, 0) is 19.0 Å². The topological polar surface area (TPSA) is 56.8 Å². The van der Waals surface area contributed by atoms with E-state index in [0.29, 0.717) is 19.1 Å². The van der Waals surface area contributed by atoms with E-state index in [2.05, 4.69) is 5.32 Å². The molecule has 0 aromatic heterocycles. The van der Waals surface area contributed by atoms with E-state index in [-0.39, 0.29) is 12.0 Å². The number of nitrogens with one attached hydrogen (secondary N) is 1. The Bertz CT molecular complexity index is 272. The molecule has 2 rings (SSSR count). The van der Waals surface area contributed by atoms with Crippen LogP contribution in [0.25, 0.3) is 0 Å². The maximum absolute atomic E-state index is 12.0. The Kier molecular flexibility index (Phi) is 4.01. The Hall–Kier alpha value is -0.650. The van der Waals surface area contributed by atoms with E-state index in [4.69, 9.17) is 14.2 Å². The number of methoxy groups -OCH3 is 1. The van der Waals surface area contributed by atoms with Gasteiger partial charge >= 0.3 is 5.97 Å². The molecule has 0 radical (unpaired) electrons. The average Bonchev–Trinajstić information content (AvgIpc) is 2.33. The number of hydrogen-bond donors (Lipinski definition) is 1. The second kappa shape index (κ2) is 5.33. The number of carbonyl (C=O) groups is 1. The normalized spacial score (nSPS) is 26.0. The largest absolute Gasteiger partial charge is 0.468 e. The first-order valence-electron chi connectivity index (χ1n) is 6.16. The van der Waals surface area contributed by atoms with Crippen LogP contribution in [0.1, 0.15) is 12.8 Å². The molecule has 2 saturated heterocycles. The highest BCUT2D eigenvalue weighted by Crippen LogP contribution is 2.39. The summed E-state index contributed by atoms with van der Waals surface area (Å²) in [7, 11) is 3.35. The average molecular weight is 243 g/mol. The van der Waals surface area contributed by atoms with Gasteiger partial charge in [0.25, 0.3) is 0 Å². The van der Waals surface area contributed by atoms with Crippen LogP contribution < -0.4 is 5.32 Å². The lowest BCUT2D eigenvalue weighted by atomic mass is 9.70. The van der Waals surface area contributed by atoms with Gasteiger partial charge in [-0.2, -0.15) is 0 Å². The summed E-state index contributed by atoms with van der Waals surface area (Å²) in [6.45, 7) is 2.48. The molecule has 0 aromatic carbocycles. The van der Waals surface area contributed by atoms with Crippen molar-refractivity contribution in [3.63, 3.8) is 0 Å². The van der Waals surface area contributed by atoms with Gasteiger partial charge in [0, 0.05) is 19.3 Å². The molecule has 0 aromatic rings. The molecule has 17 heavy (non-hydrogen) atoms. The summed E-state index contributed by atoms with van der Waals surface area (Å²) in [6.07, 6.45) is 1.98. The minimum absolute atomic E-state index is 0.118. The standard InChI is InChI=1S/C12H21NO4/c1-13-10(9-3-5-16-6-4-9)12(7-17-8-12)11(14)15-2/h9-10,13H,3-8H2,1-2H3. The molecule has 0 bridgehead atoms. The van der Waals surface area contributed by atoms with Crippen molar-refractivity contribution >= 4 is 5.97 Å². The summed E-state index contributed by atoms with van der Waals surface area (Å²) in [4.78, 5) is 12.0. The molecule has 1 N–H and O–H groups in total. The van der Waals surface area contributed by atoms with Crippen LogP contribution in [0.2, 0.25) is 0 Å². The zero-order valence-electron chi connectivity index (χ0n) is 10.5. The summed E-state index contributed by atoms with van der Waals surface area (Å²) < 4.78 is 15.6. The Morgan fingerprint density at radius 2 is 2.00 bits per heavy atom. The third-order valence-corrected chi connectivity index (χ3v) is 3.95.